The number of carbonyl (C=O) groups excluding carboxylic acids is 1. The zero-order valence-corrected chi connectivity index (χ0v) is 11.3. The van der Waals surface area contributed by atoms with Gasteiger partial charge in [0, 0.05) is 17.8 Å². The molecule has 4 heteroatoms. The van der Waals surface area contributed by atoms with Gasteiger partial charge in [0.2, 0.25) is 0 Å². The maximum absolute atomic E-state index is 11.4. The van der Waals surface area contributed by atoms with Crippen LogP contribution in [0.15, 0.2) is 30.5 Å². The standard InChI is InChI=1S/C14H19ClN2O/c1-2-3-4-9-16-14(18)17-10-8-12-6-5-7-13(15)11-12/h5-8,10-11H,2-4,9H2,1H3,(H2,16,17,18)/b10-8+. The number of carbonyl (C=O) groups is 1. The third kappa shape index (κ3) is 6.30. The Kier molecular flexibility index (Phi) is 6.96. The third-order valence-corrected chi connectivity index (χ3v) is 2.64. The first kappa shape index (κ1) is 14.6. The van der Waals surface area contributed by atoms with Gasteiger partial charge in [-0.3, -0.25) is 0 Å². The van der Waals surface area contributed by atoms with Gasteiger partial charge >= 0.3 is 6.03 Å². The molecule has 0 radical (unpaired) electrons. The molecule has 0 aliphatic heterocycles. The maximum Gasteiger partial charge on any atom is 0.318 e. The van der Waals surface area contributed by atoms with Gasteiger partial charge in [0.05, 0.1) is 0 Å². The third-order valence-electron chi connectivity index (χ3n) is 2.40. The fourth-order valence-electron chi connectivity index (χ4n) is 1.45. The molecule has 0 saturated heterocycles. The number of rotatable bonds is 6. The summed E-state index contributed by atoms with van der Waals surface area (Å²) in [4.78, 5) is 11.4. The summed E-state index contributed by atoms with van der Waals surface area (Å²) >= 11 is 5.85. The lowest BCUT2D eigenvalue weighted by molar-refractivity contribution is 0.244. The summed E-state index contributed by atoms with van der Waals surface area (Å²) in [5, 5.41) is 6.12. The summed E-state index contributed by atoms with van der Waals surface area (Å²) in [5.74, 6) is 0. The fraction of sp³-hybridized carbons (Fsp3) is 0.357. The van der Waals surface area contributed by atoms with Gasteiger partial charge in [-0.2, -0.15) is 0 Å². The second-order valence-corrected chi connectivity index (χ2v) is 4.43. The van der Waals surface area contributed by atoms with Crippen molar-refractivity contribution in [3.05, 3.63) is 41.1 Å². The Morgan fingerprint density at radius 1 is 1.39 bits per heavy atom. The highest BCUT2D eigenvalue weighted by atomic mass is 35.5. The van der Waals surface area contributed by atoms with Gasteiger partial charge < -0.3 is 10.6 Å². The number of nitrogens with one attached hydrogen (secondary N) is 2. The smallest absolute Gasteiger partial charge is 0.318 e. The predicted molar refractivity (Wildman–Crippen MR) is 76.5 cm³/mol. The Labute approximate surface area is 113 Å². The zero-order valence-electron chi connectivity index (χ0n) is 10.6. The number of hydrogen-bond acceptors (Lipinski definition) is 1. The summed E-state index contributed by atoms with van der Waals surface area (Å²) < 4.78 is 0. The molecule has 0 aliphatic carbocycles. The molecule has 0 saturated carbocycles. The van der Waals surface area contributed by atoms with Crippen LogP contribution < -0.4 is 10.6 Å². The van der Waals surface area contributed by atoms with Crippen molar-refractivity contribution in [2.45, 2.75) is 26.2 Å². The van der Waals surface area contributed by atoms with Crippen molar-refractivity contribution in [2.75, 3.05) is 6.54 Å². The molecule has 0 unspecified atom stereocenters. The normalized spacial score (nSPS) is 10.6. The van der Waals surface area contributed by atoms with Crippen molar-refractivity contribution in [2.24, 2.45) is 0 Å². The van der Waals surface area contributed by atoms with Crippen molar-refractivity contribution in [1.29, 1.82) is 0 Å². The molecule has 0 fully saturated rings. The number of amides is 2. The number of urea groups is 1. The first-order valence-electron chi connectivity index (χ1n) is 6.19. The number of benzene rings is 1. The molecule has 2 amide bonds. The molecule has 1 rings (SSSR count). The average Bonchev–Trinajstić information content (AvgIpc) is 2.35. The molecule has 18 heavy (non-hydrogen) atoms. The van der Waals surface area contributed by atoms with E-state index < -0.39 is 0 Å². The van der Waals surface area contributed by atoms with Gasteiger partial charge in [-0.25, -0.2) is 4.79 Å². The van der Waals surface area contributed by atoms with E-state index in [9.17, 15) is 4.79 Å². The van der Waals surface area contributed by atoms with E-state index in [1.165, 1.54) is 0 Å². The summed E-state index contributed by atoms with van der Waals surface area (Å²) in [6, 6.07) is 7.26. The highest BCUT2D eigenvalue weighted by Gasteiger charge is 1.95. The predicted octanol–water partition coefficient (Wildman–Crippen LogP) is 3.80. The quantitative estimate of drug-likeness (QED) is 0.756. The van der Waals surface area contributed by atoms with E-state index in [2.05, 4.69) is 17.6 Å². The second-order valence-electron chi connectivity index (χ2n) is 4.00. The van der Waals surface area contributed by atoms with Crippen LogP contribution in [0.2, 0.25) is 5.02 Å². The molecule has 0 atom stereocenters. The molecule has 0 heterocycles. The number of halogens is 1. The van der Waals surface area contributed by atoms with Crippen LogP contribution in [0.3, 0.4) is 0 Å². The number of hydrogen-bond donors (Lipinski definition) is 2. The summed E-state index contributed by atoms with van der Waals surface area (Å²) in [5.41, 5.74) is 0.953. The van der Waals surface area contributed by atoms with Crippen LogP contribution in [-0.2, 0) is 0 Å². The Bertz CT molecular complexity index is 405. The van der Waals surface area contributed by atoms with Crippen LogP contribution in [0.25, 0.3) is 6.08 Å². The molecule has 1 aromatic rings. The first-order chi connectivity index (χ1) is 8.72. The van der Waals surface area contributed by atoms with Crippen molar-refractivity contribution in [3.63, 3.8) is 0 Å². The van der Waals surface area contributed by atoms with Gasteiger partial charge in [-0.05, 0) is 30.2 Å². The van der Waals surface area contributed by atoms with E-state index in [1.807, 2.05) is 24.3 Å². The van der Waals surface area contributed by atoms with Gasteiger partial charge in [0.1, 0.15) is 0 Å². The summed E-state index contributed by atoms with van der Waals surface area (Å²) in [6.07, 6.45) is 6.72. The minimum atomic E-state index is -0.176. The molecule has 1 aromatic carbocycles. The van der Waals surface area contributed by atoms with Crippen molar-refractivity contribution >= 4 is 23.7 Å². The molecular formula is C14H19ClN2O. The largest absolute Gasteiger partial charge is 0.338 e. The minimum absolute atomic E-state index is 0.176. The summed E-state index contributed by atoms with van der Waals surface area (Å²) in [6.45, 7) is 2.85. The second kappa shape index (κ2) is 8.59. The highest BCUT2D eigenvalue weighted by Crippen LogP contribution is 2.11. The molecule has 0 spiro atoms. The van der Waals surface area contributed by atoms with E-state index in [4.69, 9.17) is 11.6 Å². The Balaban J connectivity index is 2.25. The highest BCUT2D eigenvalue weighted by molar-refractivity contribution is 6.30. The molecule has 98 valence electrons. The Morgan fingerprint density at radius 3 is 2.94 bits per heavy atom. The van der Waals surface area contributed by atoms with Crippen LogP contribution in [0.1, 0.15) is 31.7 Å². The lowest BCUT2D eigenvalue weighted by Gasteiger charge is -2.03. The molecule has 0 aliphatic rings. The van der Waals surface area contributed by atoms with Crippen molar-refractivity contribution in [1.82, 2.24) is 10.6 Å². The van der Waals surface area contributed by atoms with E-state index in [-0.39, 0.29) is 6.03 Å². The maximum atomic E-state index is 11.4. The lowest BCUT2D eigenvalue weighted by atomic mass is 10.2. The van der Waals surface area contributed by atoms with Crippen LogP contribution >= 0.6 is 11.6 Å². The van der Waals surface area contributed by atoms with Gasteiger partial charge in [-0.1, -0.05) is 43.5 Å². The van der Waals surface area contributed by atoms with Crippen LogP contribution in [0.4, 0.5) is 4.79 Å². The monoisotopic (exact) mass is 266 g/mol. The van der Waals surface area contributed by atoms with E-state index >= 15 is 0 Å². The van der Waals surface area contributed by atoms with Gasteiger partial charge in [0.15, 0.2) is 0 Å². The van der Waals surface area contributed by atoms with E-state index in [0.29, 0.717) is 11.6 Å². The summed E-state index contributed by atoms with van der Waals surface area (Å²) in [7, 11) is 0. The molecule has 3 nitrogen and oxygen atoms in total. The SMILES string of the molecule is CCCCCNC(=O)N/C=C/c1cccc(Cl)c1. The number of unbranched alkanes of at least 4 members (excludes halogenated alkanes) is 2. The van der Waals surface area contributed by atoms with Crippen LogP contribution in [-0.4, -0.2) is 12.6 Å². The zero-order chi connectivity index (χ0) is 13.2. The molecule has 2 N–H and O–H groups in total. The Hall–Kier alpha value is -1.48. The topological polar surface area (TPSA) is 41.1 Å². The van der Waals surface area contributed by atoms with Crippen LogP contribution in [0, 0.1) is 0 Å². The van der Waals surface area contributed by atoms with E-state index in [0.717, 1.165) is 24.8 Å². The molecule has 0 aromatic heterocycles. The first-order valence-corrected chi connectivity index (χ1v) is 6.56. The van der Waals surface area contributed by atoms with Gasteiger partial charge in [-0.15, -0.1) is 0 Å². The fourth-order valence-corrected chi connectivity index (χ4v) is 1.65. The van der Waals surface area contributed by atoms with E-state index in [1.54, 1.807) is 12.3 Å². The molecule has 0 bridgehead atoms. The van der Waals surface area contributed by atoms with Crippen molar-refractivity contribution in [3.8, 4) is 0 Å². The Morgan fingerprint density at radius 2 is 2.22 bits per heavy atom. The molecular weight excluding hydrogens is 248 g/mol. The lowest BCUT2D eigenvalue weighted by Crippen LogP contribution is -2.32. The van der Waals surface area contributed by atoms with Crippen LogP contribution in [0.5, 0.6) is 0 Å². The minimum Gasteiger partial charge on any atom is -0.338 e. The van der Waals surface area contributed by atoms with Crippen molar-refractivity contribution < 1.29 is 4.79 Å². The average molecular weight is 267 g/mol. The van der Waals surface area contributed by atoms with Gasteiger partial charge in [0.25, 0.3) is 0 Å².